The number of hydrogen-bond donors (Lipinski definition) is 1. The molecule has 0 aromatic heterocycles. The summed E-state index contributed by atoms with van der Waals surface area (Å²) >= 11 is 5.89. The zero-order valence-electron chi connectivity index (χ0n) is 12.5. The Bertz CT molecular complexity index is 405. The Balaban J connectivity index is 2.65. The van der Waals surface area contributed by atoms with E-state index >= 15 is 0 Å². The maximum Gasteiger partial charge on any atom is 0.307 e. The van der Waals surface area contributed by atoms with Crippen LogP contribution < -0.4 is 5.32 Å². The summed E-state index contributed by atoms with van der Waals surface area (Å²) in [5.74, 6) is -0.151. The largest absolute Gasteiger partial charge is 0.466 e. The summed E-state index contributed by atoms with van der Waals surface area (Å²) in [7, 11) is 0. The summed E-state index contributed by atoms with van der Waals surface area (Å²) in [4.78, 5) is 11.7. The fraction of sp³-hybridized carbons (Fsp3) is 0.562. The molecular weight excluding hydrogens is 274 g/mol. The third-order valence-electron chi connectivity index (χ3n) is 3.25. The summed E-state index contributed by atoms with van der Waals surface area (Å²) in [5.41, 5.74) is 1.17. The minimum absolute atomic E-state index is 0.0881. The monoisotopic (exact) mass is 297 g/mol. The van der Waals surface area contributed by atoms with Gasteiger partial charge in [0.1, 0.15) is 0 Å². The van der Waals surface area contributed by atoms with Crippen LogP contribution in [0.15, 0.2) is 24.3 Å². The van der Waals surface area contributed by atoms with Crippen molar-refractivity contribution < 1.29 is 9.53 Å². The summed E-state index contributed by atoms with van der Waals surface area (Å²) in [6.45, 7) is 6.51. The van der Waals surface area contributed by atoms with Crippen LogP contribution in [0, 0.1) is 0 Å². The van der Waals surface area contributed by atoms with E-state index in [9.17, 15) is 4.79 Å². The molecule has 0 heterocycles. The second-order valence-corrected chi connectivity index (χ2v) is 5.45. The quantitative estimate of drug-likeness (QED) is 0.745. The Kier molecular flexibility index (Phi) is 7.63. The lowest BCUT2D eigenvalue weighted by Crippen LogP contribution is -2.39. The molecule has 0 bridgehead atoms. The Labute approximate surface area is 126 Å². The van der Waals surface area contributed by atoms with E-state index in [1.165, 1.54) is 5.56 Å². The van der Waals surface area contributed by atoms with Gasteiger partial charge in [0.2, 0.25) is 0 Å². The van der Waals surface area contributed by atoms with Crippen molar-refractivity contribution in [3.8, 4) is 0 Å². The fourth-order valence-corrected chi connectivity index (χ4v) is 2.16. The average molecular weight is 298 g/mol. The van der Waals surface area contributed by atoms with Crippen LogP contribution in [0.2, 0.25) is 5.02 Å². The third kappa shape index (κ3) is 6.40. The van der Waals surface area contributed by atoms with Crippen molar-refractivity contribution in [2.75, 3.05) is 6.61 Å². The lowest BCUT2D eigenvalue weighted by molar-refractivity contribution is -0.143. The number of hydrogen-bond acceptors (Lipinski definition) is 3. The zero-order valence-corrected chi connectivity index (χ0v) is 13.2. The Morgan fingerprint density at radius 3 is 2.50 bits per heavy atom. The Hall–Kier alpha value is -1.06. The van der Waals surface area contributed by atoms with Crippen LogP contribution in [0.1, 0.15) is 39.2 Å². The predicted molar refractivity (Wildman–Crippen MR) is 83.1 cm³/mol. The zero-order chi connectivity index (χ0) is 15.0. The molecule has 2 unspecified atom stereocenters. The van der Waals surface area contributed by atoms with Gasteiger partial charge in [-0.2, -0.15) is 0 Å². The second kappa shape index (κ2) is 8.98. The standard InChI is InChI=1S/C16H24ClNO2/c1-4-12(3)18-15(11-16(19)20-5-2)10-13-6-8-14(17)9-7-13/h6-9,12,15,18H,4-5,10-11H2,1-3H3. The summed E-state index contributed by atoms with van der Waals surface area (Å²) in [6, 6.07) is 8.22. The highest BCUT2D eigenvalue weighted by atomic mass is 35.5. The molecule has 0 aliphatic carbocycles. The molecule has 1 aromatic rings. The van der Waals surface area contributed by atoms with E-state index in [1.807, 2.05) is 31.2 Å². The van der Waals surface area contributed by atoms with E-state index in [4.69, 9.17) is 16.3 Å². The van der Waals surface area contributed by atoms with Crippen molar-refractivity contribution in [3.05, 3.63) is 34.9 Å². The highest BCUT2D eigenvalue weighted by Gasteiger charge is 2.17. The molecule has 0 aliphatic rings. The molecule has 0 aliphatic heterocycles. The Morgan fingerprint density at radius 1 is 1.30 bits per heavy atom. The van der Waals surface area contributed by atoms with Gasteiger partial charge >= 0.3 is 5.97 Å². The second-order valence-electron chi connectivity index (χ2n) is 5.01. The van der Waals surface area contributed by atoms with E-state index in [-0.39, 0.29) is 12.0 Å². The fourth-order valence-electron chi connectivity index (χ4n) is 2.04. The summed E-state index contributed by atoms with van der Waals surface area (Å²) in [5, 5.41) is 4.21. The predicted octanol–water partition coefficient (Wildman–Crippen LogP) is 3.59. The van der Waals surface area contributed by atoms with Crippen molar-refractivity contribution in [1.29, 1.82) is 0 Å². The number of nitrogens with one attached hydrogen (secondary N) is 1. The van der Waals surface area contributed by atoms with E-state index in [0.717, 1.165) is 17.9 Å². The molecule has 112 valence electrons. The van der Waals surface area contributed by atoms with E-state index < -0.39 is 0 Å². The van der Waals surface area contributed by atoms with Crippen LogP contribution >= 0.6 is 11.6 Å². The van der Waals surface area contributed by atoms with Crippen LogP contribution in [0.5, 0.6) is 0 Å². The van der Waals surface area contributed by atoms with Gasteiger partial charge < -0.3 is 10.1 Å². The molecule has 2 atom stereocenters. The molecule has 4 heteroatoms. The topological polar surface area (TPSA) is 38.3 Å². The van der Waals surface area contributed by atoms with Gasteiger partial charge in [0.05, 0.1) is 13.0 Å². The first-order valence-corrected chi connectivity index (χ1v) is 7.59. The maximum atomic E-state index is 11.7. The highest BCUT2D eigenvalue weighted by molar-refractivity contribution is 6.30. The normalized spacial score (nSPS) is 13.8. The first kappa shape index (κ1) is 17.0. The van der Waals surface area contributed by atoms with Gasteiger partial charge in [-0.1, -0.05) is 30.7 Å². The lowest BCUT2D eigenvalue weighted by Gasteiger charge is -2.22. The van der Waals surface area contributed by atoms with Gasteiger partial charge in [0, 0.05) is 17.1 Å². The van der Waals surface area contributed by atoms with E-state index in [0.29, 0.717) is 19.1 Å². The molecule has 1 N–H and O–H groups in total. The van der Waals surface area contributed by atoms with Gasteiger partial charge in [0.25, 0.3) is 0 Å². The first-order chi connectivity index (χ1) is 9.55. The van der Waals surface area contributed by atoms with E-state index in [1.54, 1.807) is 0 Å². The molecule has 0 spiro atoms. The van der Waals surface area contributed by atoms with Crippen molar-refractivity contribution >= 4 is 17.6 Å². The number of esters is 1. The van der Waals surface area contributed by atoms with Crippen LogP contribution in [0.4, 0.5) is 0 Å². The third-order valence-corrected chi connectivity index (χ3v) is 3.50. The van der Waals surface area contributed by atoms with Gasteiger partial charge in [0.15, 0.2) is 0 Å². The highest BCUT2D eigenvalue weighted by Crippen LogP contribution is 2.13. The average Bonchev–Trinajstić information content (AvgIpc) is 2.41. The van der Waals surface area contributed by atoms with Crippen molar-refractivity contribution in [3.63, 3.8) is 0 Å². The molecule has 1 rings (SSSR count). The maximum absolute atomic E-state index is 11.7. The molecule has 3 nitrogen and oxygen atoms in total. The molecule has 0 saturated carbocycles. The number of rotatable bonds is 8. The van der Waals surface area contributed by atoms with Crippen LogP contribution in [-0.2, 0) is 16.0 Å². The van der Waals surface area contributed by atoms with Gasteiger partial charge in [-0.25, -0.2) is 0 Å². The van der Waals surface area contributed by atoms with Crippen molar-refractivity contribution in [2.24, 2.45) is 0 Å². The van der Waals surface area contributed by atoms with Gasteiger partial charge in [-0.15, -0.1) is 0 Å². The van der Waals surface area contributed by atoms with Crippen LogP contribution in [0.3, 0.4) is 0 Å². The first-order valence-electron chi connectivity index (χ1n) is 7.21. The van der Waals surface area contributed by atoms with Crippen molar-refractivity contribution in [2.45, 2.75) is 52.1 Å². The molecule has 20 heavy (non-hydrogen) atoms. The van der Waals surface area contributed by atoms with E-state index in [2.05, 4.69) is 19.2 Å². The van der Waals surface area contributed by atoms with Crippen LogP contribution in [-0.4, -0.2) is 24.7 Å². The molecule has 1 aromatic carbocycles. The molecule has 0 amide bonds. The van der Waals surface area contributed by atoms with Gasteiger partial charge in [-0.3, -0.25) is 4.79 Å². The van der Waals surface area contributed by atoms with Gasteiger partial charge in [-0.05, 0) is 44.4 Å². The molecule has 0 radical (unpaired) electrons. The summed E-state index contributed by atoms with van der Waals surface area (Å²) in [6.07, 6.45) is 2.21. The number of carbonyl (C=O) groups is 1. The van der Waals surface area contributed by atoms with Crippen molar-refractivity contribution in [1.82, 2.24) is 5.32 Å². The number of carbonyl (C=O) groups excluding carboxylic acids is 1. The molecule has 0 fully saturated rings. The SMILES string of the molecule is CCOC(=O)CC(Cc1ccc(Cl)cc1)NC(C)CC. The number of ether oxygens (including phenoxy) is 1. The minimum atomic E-state index is -0.151. The number of halogens is 1. The Morgan fingerprint density at radius 2 is 1.95 bits per heavy atom. The minimum Gasteiger partial charge on any atom is -0.466 e. The number of benzene rings is 1. The summed E-state index contributed by atoms with van der Waals surface area (Å²) < 4.78 is 5.04. The molecular formula is C16H24ClNO2. The van der Waals surface area contributed by atoms with Crippen LogP contribution in [0.25, 0.3) is 0 Å². The molecule has 0 saturated heterocycles. The smallest absolute Gasteiger partial charge is 0.307 e. The lowest BCUT2D eigenvalue weighted by atomic mass is 10.0.